The summed E-state index contributed by atoms with van der Waals surface area (Å²) in [5, 5.41) is 10.5. The van der Waals surface area contributed by atoms with Crippen LogP contribution in [0.15, 0.2) is 50.5 Å². The fourth-order valence-electron chi connectivity index (χ4n) is 3.65. The molecule has 0 radical (unpaired) electrons. The first-order valence-corrected chi connectivity index (χ1v) is 11.5. The molecule has 0 saturated carbocycles. The number of methoxy groups -OCH3 is 2. The zero-order chi connectivity index (χ0) is 25.1. The number of aryl methyl sites for hydroxylation is 1. The van der Waals surface area contributed by atoms with Crippen molar-refractivity contribution in [2.24, 2.45) is 0 Å². The normalized spacial score (nSPS) is 14.7. The molecule has 10 heteroatoms. The smallest absolute Gasteiger partial charge is 0.336 e. The van der Waals surface area contributed by atoms with Crippen molar-refractivity contribution in [1.29, 1.82) is 0 Å². The van der Waals surface area contributed by atoms with Gasteiger partial charge in [0.1, 0.15) is 11.3 Å². The molecular formula is C25H23NO8S. The molecule has 35 heavy (non-hydrogen) atoms. The molecule has 1 aromatic heterocycles. The molecule has 0 aliphatic carbocycles. The van der Waals surface area contributed by atoms with Gasteiger partial charge in [0.25, 0.3) is 11.1 Å². The number of phenols is 1. The molecule has 1 aliphatic rings. The van der Waals surface area contributed by atoms with E-state index in [2.05, 4.69) is 0 Å². The fourth-order valence-corrected chi connectivity index (χ4v) is 4.51. The van der Waals surface area contributed by atoms with Gasteiger partial charge in [-0.2, -0.15) is 0 Å². The van der Waals surface area contributed by atoms with Crippen molar-refractivity contribution in [2.45, 2.75) is 13.3 Å². The first-order valence-electron chi connectivity index (χ1n) is 10.7. The molecule has 182 valence electrons. The zero-order valence-corrected chi connectivity index (χ0v) is 20.1. The van der Waals surface area contributed by atoms with Gasteiger partial charge in [0.05, 0.1) is 25.7 Å². The molecule has 0 unspecified atom stereocenters. The summed E-state index contributed by atoms with van der Waals surface area (Å²) < 4.78 is 21.2. The lowest BCUT2D eigenvalue weighted by molar-refractivity contribution is -0.122. The van der Waals surface area contributed by atoms with Gasteiger partial charge >= 0.3 is 5.63 Å². The maximum absolute atomic E-state index is 12.8. The Labute approximate surface area is 204 Å². The van der Waals surface area contributed by atoms with E-state index in [9.17, 15) is 19.5 Å². The van der Waals surface area contributed by atoms with Gasteiger partial charge in [-0.05, 0) is 66.6 Å². The molecule has 2 heterocycles. The number of rotatable bonds is 8. The average molecular weight is 498 g/mol. The van der Waals surface area contributed by atoms with E-state index in [4.69, 9.17) is 18.6 Å². The SMILES string of the molecule is COc1cc(/C=C2/SC(=O)N(CCCOc3ccc4c(C)cc(=O)oc4c3)C2=O)cc(OC)c1O. The van der Waals surface area contributed by atoms with E-state index in [0.29, 0.717) is 23.3 Å². The second-order valence-corrected chi connectivity index (χ2v) is 8.71. The molecule has 2 amide bonds. The summed E-state index contributed by atoms with van der Waals surface area (Å²) in [7, 11) is 2.81. The Hall–Kier alpha value is -3.92. The minimum Gasteiger partial charge on any atom is -0.502 e. The molecule has 3 aromatic rings. The maximum Gasteiger partial charge on any atom is 0.336 e. The number of phenolic OH excluding ortho intramolecular Hbond substituents is 1. The molecule has 1 N–H and O–H groups in total. The van der Waals surface area contributed by atoms with E-state index in [1.807, 2.05) is 13.0 Å². The summed E-state index contributed by atoms with van der Waals surface area (Å²) in [6, 6.07) is 9.77. The van der Waals surface area contributed by atoms with Gasteiger partial charge in [-0.1, -0.05) is 0 Å². The van der Waals surface area contributed by atoms with Crippen molar-refractivity contribution >= 4 is 40.0 Å². The molecule has 9 nitrogen and oxygen atoms in total. The molecule has 1 saturated heterocycles. The van der Waals surface area contributed by atoms with Gasteiger partial charge in [0.2, 0.25) is 5.75 Å². The van der Waals surface area contributed by atoms with Crippen LogP contribution in [0.25, 0.3) is 17.0 Å². The third kappa shape index (κ3) is 5.12. The summed E-state index contributed by atoms with van der Waals surface area (Å²) in [6.45, 7) is 2.28. The third-order valence-corrected chi connectivity index (χ3v) is 6.30. The number of hydrogen-bond acceptors (Lipinski definition) is 9. The predicted molar refractivity (Wildman–Crippen MR) is 131 cm³/mol. The Balaban J connectivity index is 1.39. The van der Waals surface area contributed by atoms with Crippen molar-refractivity contribution in [3.05, 3.63) is 62.9 Å². The Morgan fingerprint density at radius 1 is 1.06 bits per heavy atom. The van der Waals surface area contributed by atoms with Crippen molar-refractivity contribution in [1.82, 2.24) is 4.90 Å². The van der Waals surface area contributed by atoms with E-state index in [0.717, 1.165) is 27.6 Å². The van der Waals surface area contributed by atoms with Crippen LogP contribution >= 0.6 is 11.8 Å². The van der Waals surface area contributed by atoms with Crippen molar-refractivity contribution in [2.75, 3.05) is 27.4 Å². The summed E-state index contributed by atoms with van der Waals surface area (Å²) in [6.07, 6.45) is 1.97. The van der Waals surface area contributed by atoms with Crippen LogP contribution in [0.3, 0.4) is 0 Å². The number of hydrogen-bond donors (Lipinski definition) is 1. The highest BCUT2D eigenvalue weighted by molar-refractivity contribution is 8.18. The Kier molecular flexibility index (Phi) is 7.02. The van der Waals surface area contributed by atoms with Crippen LogP contribution in [0.1, 0.15) is 17.5 Å². The summed E-state index contributed by atoms with van der Waals surface area (Å²) in [5.41, 5.74) is 1.37. The van der Waals surface area contributed by atoms with Gasteiger partial charge in [0, 0.05) is 24.1 Å². The van der Waals surface area contributed by atoms with E-state index in [1.54, 1.807) is 30.3 Å². The van der Waals surface area contributed by atoms with Crippen LogP contribution in [0.4, 0.5) is 4.79 Å². The first kappa shape index (κ1) is 24.2. The average Bonchev–Trinajstić information content (AvgIpc) is 3.09. The van der Waals surface area contributed by atoms with E-state index in [-0.39, 0.29) is 40.5 Å². The predicted octanol–water partition coefficient (Wildman–Crippen LogP) is 4.33. The standard InChI is InChI=1S/C25H23NO8S/c1-14-9-22(27)34-18-13-16(5-6-17(14)18)33-8-4-7-26-24(29)21(35-25(26)30)12-15-10-19(31-2)23(28)20(11-15)32-3/h5-6,9-13,28H,4,7-8H2,1-3H3/b21-12+. The lowest BCUT2D eigenvalue weighted by Crippen LogP contribution is -2.30. The number of aromatic hydroxyl groups is 1. The van der Waals surface area contributed by atoms with Crippen molar-refractivity contribution in [3.8, 4) is 23.0 Å². The number of carbonyl (C=O) groups is 2. The zero-order valence-electron chi connectivity index (χ0n) is 19.3. The summed E-state index contributed by atoms with van der Waals surface area (Å²) in [5.74, 6) is 0.346. The highest BCUT2D eigenvalue weighted by Gasteiger charge is 2.34. The van der Waals surface area contributed by atoms with E-state index in [1.165, 1.54) is 20.3 Å². The van der Waals surface area contributed by atoms with Crippen LogP contribution in [0.5, 0.6) is 23.0 Å². The Bertz CT molecular complexity index is 1370. The lowest BCUT2D eigenvalue weighted by atomic mass is 10.1. The van der Waals surface area contributed by atoms with Gasteiger partial charge in [0.15, 0.2) is 11.5 Å². The van der Waals surface area contributed by atoms with Crippen LogP contribution in [0, 0.1) is 6.92 Å². The molecule has 0 spiro atoms. The Morgan fingerprint density at radius 3 is 2.46 bits per heavy atom. The summed E-state index contributed by atoms with van der Waals surface area (Å²) >= 11 is 0.838. The fraction of sp³-hybridized carbons (Fsp3) is 0.240. The van der Waals surface area contributed by atoms with E-state index >= 15 is 0 Å². The lowest BCUT2D eigenvalue weighted by Gasteiger charge is -2.13. The van der Waals surface area contributed by atoms with Crippen LogP contribution in [-0.2, 0) is 4.79 Å². The van der Waals surface area contributed by atoms with Crippen molar-refractivity contribution < 1.29 is 33.3 Å². The second-order valence-electron chi connectivity index (χ2n) is 7.72. The van der Waals surface area contributed by atoms with Crippen LogP contribution in [0.2, 0.25) is 0 Å². The molecule has 1 aliphatic heterocycles. The van der Waals surface area contributed by atoms with Gasteiger partial charge in [-0.15, -0.1) is 0 Å². The first-order chi connectivity index (χ1) is 16.8. The molecule has 0 atom stereocenters. The highest BCUT2D eigenvalue weighted by atomic mass is 32.2. The Morgan fingerprint density at radius 2 is 1.77 bits per heavy atom. The number of thioether (sulfide) groups is 1. The minimum absolute atomic E-state index is 0.149. The molecule has 2 aromatic carbocycles. The van der Waals surface area contributed by atoms with E-state index < -0.39 is 11.5 Å². The number of imide groups is 1. The number of amides is 2. The number of fused-ring (bicyclic) bond motifs is 1. The minimum atomic E-state index is -0.427. The monoisotopic (exact) mass is 497 g/mol. The quantitative estimate of drug-likeness (QED) is 0.276. The summed E-state index contributed by atoms with van der Waals surface area (Å²) in [4.78, 5) is 38.2. The number of nitrogens with zero attached hydrogens (tertiary/aromatic N) is 1. The largest absolute Gasteiger partial charge is 0.502 e. The van der Waals surface area contributed by atoms with Crippen LogP contribution in [-0.4, -0.2) is 48.5 Å². The highest BCUT2D eigenvalue weighted by Crippen LogP contribution is 2.39. The number of ether oxygens (including phenoxy) is 3. The molecule has 4 rings (SSSR count). The third-order valence-electron chi connectivity index (χ3n) is 5.39. The maximum atomic E-state index is 12.8. The van der Waals surface area contributed by atoms with Crippen molar-refractivity contribution in [3.63, 3.8) is 0 Å². The topological polar surface area (TPSA) is 116 Å². The number of carbonyl (C=O) groups excluding carboxylic acids is 2. The van der Waals surface area contributed by atoms with Crippen LogP contribution < -0.4 is 19.8 Å². The second kappa shape index (κ2) is 10.1. The molecular weight excluding hydrogens is 474 g/mol. The molecule has 1 fully saturated rings. The molecule has 0 bridgehead atoms. The van der Waals surface area contributed by atoms with Gasteiger partial charge in [-0.25, -0.2) is 4.79 Å². The van der Waals surface area contributed by atoms with Gasteiger partial charge in [-0.3, -0.25) is 14.5 Å². The van der Waals surface area contributed by atoms with Gasteiger partial charge < -0.3 is 23.7 Å². The number of benzene rings is 2.